The Morgan fingerprint density at radius 2 is 1.04 bits per heavy atom. The zero-order valence-corrected chi connectivity index (χ0v) is 15.8. The summed E-state index contributed by atoms with van der Waals surface area (Å²) in [7, 11) is -9.02. The Balaban J connectivity index is 3.82. The van der Waals surface area contributed by atoms with Crippen LogP contribution >= 0.6 is 15.6 Å². The Morgan fingerprint density at radius 1 is 0.739 bits per heavy atom. The molecule has 0 aromatic heterocycles. The quantitative estimate of drug-likeness (QED) is 0.297. The summed E-state index contributed by atoms with van der Waals surface area (Å²) in [4.78, 5) is 35.1. The minimum atomic E-state index is -4.51. The van der Waals surface area contributed by atoms with Crippen molar-refractivity contribution in [3.63, 3.8) is 0 Å². The molecule has 0 heterocycles. The van der Waals surface area contributed by atoms with Crippen LogP contribution in [0.4, 0.5) is 0 Å². The third kappa shape index (κ3) is 15.4. The third-order valence-electron chi connectivity index (χ3n) is 2.87. The van der Waals surface area contributed by atoms with Crippen LogP contribution in [0, 0.1) is 0 Å². The SMILES string of the molecule is CC(C)(CCCOCCCC(C)(C)OP(=O)(O)O)OP(=O)(O)O. The van der Waals surface area contributed by atoms with Crippen molar-refractivity contribution in [2.45, 2.75) is 64.6 Å². The molecule has 140 valence electrons. The normalized spacial score (nSPS) is 14.3. The molecule has 4 N–H and O–H groups in total. The van der Waals surface area contributed by atoms with Crippen LogP contribution in [0.2, 0.25) is 0 Å². The molecule has 11 heteroatoms. The lowest BCUT2D eigenvalue weighted by molar-refractivity contribution is 0.0350. The number of phosphoric ester groups is 2. The van der Waals surface area contributed by atoms with Gasteiger partial charge in [-0.3, -0.25) is 9.05 Å². The van der Waals surface area contributed by atoms with E-state index in [2.05, 4.69) is 9.05 Å². The summed E-state index contributed by atoms with van der Waals surface area (Å²) < 4.78 is 36.3. The molecule has 0 aliphatic carbocycles. The van der Waals surface area contributed by atoms with Gasteiger partial charge in [0.05, 0.1) is 11.2 Å². The summed E-state index contributed by atoms with van der Waals surface area (Å²) in [5, 5.41) is 0. The van der Waals surface area contributed by atoms with E-state index in [-0.39, 0.29) is 0 Å². The smallest absolute Gasteiger partial charge is 0.381 e. The molecule has 0 radical (unpaired) electrons. The first-order valence-corrected chi connectivity index (χ1v) is 10.3. The molecule has 0 aromatic rings. The van der Waals surface area contributed by atoms with Crippen molar-refractivity contribution in [2.24, 2.45) is 0 Å². The molecule has 0 aliphatic rings. The predicted molar refractivity (Wildman–Crippen MR) is 83.7 cm³/mol. The predicted octanol–water partition coefficient (Wildman–Crippen LogP) is 2.34. The van der Waals surface area contributed by atoms with Crippen molar-refractivity contribution in [3.05, 3.63) is 0 Å². The first-order valence-electron chi connectivity index (χ1n) is 7.22. The second kappa shape index (κ2) is 9.04. The number of hydrogen-bond donors (Lipinski definition) is 4. The van der Waals surface area contributed by atoms with Gasteiger partial charge in [-0.1, -0.05) is 0 Å². The van der Waals surface area contributed by atoms with Gasteiger partial charge in [-0.05, 0) is 53.4 Å². The Labute approximate surface area is 136 Å². The zero-order chi connectivity index (χ0) is 18.4. The van der Waals surface area contributed by atoms with E-state index in [1.165, 1.54) is 0 Å². The Kier molecular flexibility index (Phi) is 9.11. The maximum Gasteiger partial charge on any atom is 0.470 e. The molecule has 23 heavy (non-hydrogen) atoms. The average Bonchev–Trinajstić information content (AvgIpc) is 2.20. The second-order valence-corrected chi connectivity index (χ2v) is 8.83. The molecule has 0 atom stereocenters. The van der Waals surface area contributed by atoms with Crippen molar-refractivity contribution in [3.8, 4) is 0 Å². The highest BCUT2D eigenvalue weighted by Gasteiger charge is 2.29. The number of rotatable bonds is 12. The standard InChI is InChI=1S/C12H28O9P2/c1-11(2,20-22(13,14)15)7-5-9-19-10-6-8-12(3,4)21-23(16,17)18/h5-10H2,1-4H3,(H2,13,14,15)(H2,16,17,18). The first kappa shape index (κ1) is 23.2. The van der Waals surface area contributed by atoms with Gasteiger partial charge in [-0.25, -0.2) is 9.13 Å². The lowest BCUT2D eigenvalue weighted by atomic mass is 10.0. The molecule has 0 saturated carbocycles. The summed E-state index contributed by atoms with van der Waals surface area (Å²) in [6.45, 7) is 7.16. The summed E-state index contributed by atoms with van der Waals surface area (Å²) in [6.07, 6.45) is 1.97. The van der Waals surface area contributed by atoms with Crippen molar-refractivity contribution >= 4 is 15.6 Å². The highest BCUT2D eigenvalue weighted by Crippen LogP contribution is 2.43. The molecule has 9 nitrogen and oxygen atoms in total. The molecule has 0 aromatic carbocycles. The van der Waals surface area contributed by atoms with E-state index < -0.39 is 26.8 Å². The Morgan fingerprint density at radius 3 is 1.30 bits per heavy atom. The largest absolute Gasteiger partial charge is 0.470 e. The van der Waals surface area contributed by atoms with E-state index >= 15 is 0 Å². The van der Waals surface area contributed by atoms with Gasteiger partial charge in [0.15, 0.2) is 0 Å². The molecular formula is C12H28O9P2. The molecular weight excluding hydrogens is 350 g/mol. The third-order valence-corrected chi connectivity index (χ3v) is 4.33. The minimum absolute atomic E-state index is 0.397. The molecule has 0 unspecified atom stereocenters. The summed E-state index contributed by atoms with van der Waals surface area (Å²) >= 11 is 0. The molecule has 0 spiro atoms. The summed E-state index contributed by atoms with van der Waals surface area (Å²) in [5.41, 5.74) is -1.89. The first-order chi connectivity index (χ1) is 10.1. The average molecular weight is 378 g/mol. The van der Waals surface area contributed by atoms with E-state index in [0.717, 1.165) is 0 Å². The zero-order valence-electron chi connectivity index (χ0n) is 14.0. The molecule has 0 aliphatic heterocycles. The van der Waals surface area contributed by atoms with Crippen LogP contribution in [-0.4, -0.2) is 44.0 Å². The highest BCUT2D eigenvalue weighted by molar-refractivity contribution is 7.46. The number of phosphoric acid groups is 2. The van der Waals surface area contributed by atoms with Crippen LogP contribution < -0.4 is 0 Å². The maximum atomic E-state index is 10.8. The monoisotopic (exact) mass is 378 g/mol. The molecule has 0 amide bonds. The fourth-order valence-corrected chi connectivity index (χ4v) is 3.51. The fraction of sp³-hybridized carbons (Fsp3) is 1.00. The van der Waals surface area contributed by atoms with Gasteiger partial charge in [-0.15, -0.1) is 0 Å². The molecule has 0 rings (SSSR count). The van der Waals surface area contributed by atoms with Gasteiger partial charge in [0.25, 0.3) is 0 Å². The Hall–Kier alpha value is 0.180. The lowest BCUT2D eigenvalue weighted by Crippen LogP contribution is -2.24. The topological polar surface area (TPSA) is 143 Å². The van der Waals surface area contributed by atoms with Crippen LogP contribution in [0.1, 0.15) is 53.4 Å². The van der Waals surface area contributed by atoms with Crippen LogP contribution in [0.3, 0.4) is 0 Å². The minimum Gasteiger partial charge on any atom is -0.381 e. The lowest BCUT2D eigenvalue weighted by Gasteiger charge is -2.25. The van der Waals surface area contributed by atoms with E-state index in [0.29, 0.717) is 38.9 Å². The number of ether oxygens (including phenoxy) is 1. The van der Waals surface area contributed by atoms with Crippen molar-refractivity contribution in [2.75, 3.05) is 13.2 Å². The van der Waals surface area contributed by atoms with Crippen LogP contribution in [0.5, 0.6) is 0 Å². The van der Waals surface area contributed by atoms with Gasteiger partial charge in [0.1, 0.15) is 0 Å². The number of hydrogen-bond acceptors (Lipinski definition) is 5. The van der Waals surface area contributed by atoms with Gasteiger partial charge in [-0.2, -0.15) is 0 Å². The Bertz CT molecular complexity index is 398. The summed E-state index contributed by atoms with van der Waals surface area (Å²) in [6, 6.07) is 0. The summed E-state index contributed by atoms with van der Waals surface area (Å²) in [5.74, 6) is 0. The van der Waals surface area contributed by atoms with Gasteiger partial charge in [0, 0.05) is 13.2 Å². The van der Waals surface area contributed by atoms with Crippen molar-refractivity contribution in [1.82, 2.24) is 0 Å². The van der Waals surface area contributed by atoms with Gasteiger partial charge < -0.3 is 24.3 Å². The van der Waals surface area contributed by atoms with Crippen LogP contribution in [-0.2, 0) is 22.9 Å². The molecule has 0 saturated heterocycles. The second-order valence-electron chi connectivity index (χ2n) is 6.50. The van der Waals surface area contributed by atoms with Crippen LogP contribution in [0.15, 0.2) is 0 Å². The van der Waals surface area contributed by atoms with Crippen molar-refractivity contribution in [1.29, 1.82) is 0 Å². The van der Waals surface area contributed by atoms with Crippen LogP contribution in [0.25, 0.3) is 0 Å². The molecule has 0 fully saturated rings. The molecule has 0 bridgehead atoms. The van der Waals surface area contributed by atoms with Gasteiger partial charge >= 0.3 is 15.6 Å². The van der Waals surface area contributed by atoms with E-state index in [9.17, 15) is 9.13 Å². The fourth-order valence-electron chi connectivity index (χ4n) is 2.04. The van der Waals surface area contributed by atoms with E-state index in [4.69, 9.17) is 24.3 Å². The van der Waals surface area contributed by atoms with Crippen molar-refractivity contribution < 1.29 is 42.5 Å². The maximum absolute atomic E-state index is 10.8. The van der Waals surface area contributed by atoms with Gasteiger partial charge in [0.2, 0.25) is 0 Å². The van der Waals surface area contributed by atoms with E-state index in [1.54, 1.807) is 27.7 Å². The van der Waals surface area contributed by atoms with E-state index in [1.807, 2.05) is 0 Å². The highest BCUT2D eigenvalue weighted by atomic mass is 31.2.